The highest BCUT2D eigenvalue weighted by molar-refractivity contribution is 5.84. The molecule has 2 aliphatic carbocycles. The van der Waals surface area contributed by atoms with Crippen molar-refractivity contribution >= 4 is 5.78 Å². The van der Waals surface area contributed by atoms with Crippen molar-refractivity contribution < 1.29 is 9.32 Å². The maximum Gasteiger partial charge on any atom is 0.234 e. The van der Waals surface area contributed by atoms with Crippen LogP contribution in [0.25, 0.3) is 0 Å². The van der Waals surface area contributed by atoms with Crippen molar-refractivity contribution in [1.29, 1.82) is 0 Å². The fraction of sp³-hybridized carbons (Fsp3) is 0.800. The second kappa shape index (κ2) is 5.85. The molecule has 2 saturated carbocycles. The Bertz CT molecular complexity index is 429. The number of aromatic nitrogens is 2. The summed E-state index contributed by atoms with van der Waals surface area (Å²) in [6, 6.07) is 0. The molecule has 1 aromatic rings. The molecule has 0 atom stereocenters. The average molecular weight is 262 g/mol. The van der Waals surface area contributed by atoms with Gasteiger partial charge in [-0.1, -0.05) is 37.3 Å². The van der Waals surface area contributed by atoms with Gasteiger partial charge in [0, 0.05) is 11.8 Å². The highest BCUT2D eigenvalue weighted by Gasteiger charge is 2.30. The van der Waals surface area contributed by atoms with Crippen LogP contribution in [0.2, 0.25) is 0 Å². The van der Waals surface area contributed by atoms with E-state index in [0.717, 1.165) is 31.5 Å². The minimum absolute atomic E-state index is 0.271. The van der Waals surface area contributed by atoms with Gasteiger partial charge in [0.15, 0.2) is 5.82 Å². The SMILES string of the molecule is O=C(Cc1nc(C2CCCCCCC2)no1)C1CC1. The predicted molar refractivity (Wildman–Crippen MR) is 70.8 cm³/mol. The number of ketones is 1. The molecular formula is C15H22N2O2. The van der Waals surface area contributed by atoms with E-state index in [2.05, 4.69) is 10.1 Å². The predicted octanol–water partition coefficient (Wildman–Crippen LogP) is 3.42. The third-order valence-corrected chi connectivity index (χ3v) is 4.31. The Labute approximate surface area is 114 Å². The van der Waals surface area contributed by atoms with Gasteiger partial charge in [0.2, 0.25) is 5.89 Å². The first-order valence-electron chi connectivity index (χ1n) is 7.68. The van der Waals surface area contributed by atoms with Crippen molar-refractivity contribution in [3.05, 3.63) is 11.7 Å². The Kier molecular flexibility index (Phi) is 3.95. The number of carbonyl (C=O) groups excluding carboxylic acids is 1. The Morgan fingerprint density at radius 1 is 1.05 bits per heavy atom. The van der Waals surface area contributed by atoms with Gasteiger partial charge in [0.05, 0.1) is 6.42 Å². The molecule has 0 unspecified atom stereocenters. The summed E-state index contributed by atoms with van der Waals surface area (Å²) < 4.78 is 5.26. The first-order chi connectivity index (χ1) is 9.33. The van der Waals surface area contributed by atoms with Crippen LogP contribution in [0.5, 0.6) is 0 Å². The van der Waals surface area contributed by atoms with Gasteiger partial charge in [-0.3, -0.25) is 4.79 Å². The number of Topliss-reactive ketones (excluding diaryl/α,β-unsaturated/α-hetero) is 1. The highest BCUT2D eigenvalue weighted by atomic mass is 16.5. The first-order valence-corrected chi connectivity index (χ1v) is 7.68. The lowest BCUT2D eigenvalue weighted by Crippen LogP contribution is -2.06. The molecule has 1 aromatic heterocycles. The molecule has 1 heterocycles. The lowest BCUT2D eigenvalue weighted by atomic mass is 9.91. The standard InChI is InChI=1S/C15H22N2O2/c18-13(11-8-9-11)10-14-16-15(17-19-14)12-6-4-2-1-3-5-7-12/h11-12H,1-10H2. The molecule has 0 aliphatic heterocycles. The zero-order chi connectivity index (χ0) is 13.1. The Balaban J connectivity index is 1.60. The topological polar surface area (TPSA) is 56.0 Å². The molecule has 104 valence electrons. The van der Waals surface area contributed by atoms with E-state index in [0.29, 0.717) is 18.2 Å². The summed E-state index contributed by atoms with van der Waals surface area (Å²) in [5, 5.41) is 4.11. The fourth-order valence-corrected chi connectivity index (χ4v) is 2.92. The van der Waals surface area contributed by atoms with Gasteiger partial charge in [-0.2, -0.15) is 4.98 Å². The normalized spacial score (nSPS) is 21.9. The second-order valence-electron chi connectivity index (χ2n) is 6.01. The minimum atomic E-state index is 0.271. The molecule has 0 aromatic carbocycles. The summed E-state index contributed by atoms with van der Waals surface area (Å²) in [6.07, 6.45) is 11.3. The van der Waals surface area contributed by atoms with Crippen LogP contribution in [-0.4, -0.2) is 15.9 Å². The van der Waals surface area contributed by atoms with Crippen LogP contribution in [0.15, 0.2) is 4.52 Å². The third-order valence-electron chi connectivity index (χ3n) is 4.31. The summed E-state index contributed by atoms with van der Waals surface area (Å²) in [5.74, 6) is 2.34. The molecule has 0 spiro atoms. The van der Waals surface area contributed by atoms with Crippen LogP contribution in [0.4, 0.5) is 0 Å². The Morgan fingerprint density at radius 2 is 1.74 bits per heavy atom. The molecular weight excluding hydrogens is 240 g/mol. The van der Waals surface area contributed by atoms with Gasteiger partial charge in [0.1, 0.15) is 5.78 Å². The zero-order valence-electron chi connectivity index (χ0n) is 11.4. The summed E-state index contributed by atoms with van der Waals surface area (Å²) in [4.78, 5) is 16.2. The number of hydrogen-bond acceptors (Lipinski definition) is 4. The van der Waals surface area contributed by atoms with Crippen LogP contribution in [0.3, 0.4) is 0 Å². The maximum absolute atomic E-state index is 11.7. The fourth-order valence-electron chi connectivity index (χ4n) is 2.92. The molecule has 2 aliphatic rings. The largest absolute Gasteiger partial charge is 0.339 e. The lowest BCUT2D eigenvalue weighted by molar-refractivity contribution is -0.119. The van der Waals surface area contributed by atoms with Crippen LogP contribution in [-0.2, 0) is 11.2 Å². The second-order valence-corrected chi connectivity index (χ2v) is 6.01. The van der Waals surface area contributed by atoms with Crippen LogP contribution >= 0.6 is 0 Å². The van der Waals surface area contributed by atoms with E-state index in [-0.39, 0.29) is 11.7 Å². The van der Waals surface area contributed by atoms with Gasteiger partial charge < -0.3 is 4.52 Å². The van der Waals surface area contributed by atoms with Gasteiger partial charge in [0.25, 0.3) is 0 Å². The Morgan fingerprint density at radius 3 is 2.42 bits per heavy atom. The third kappa shape index (κ3) is 3.43. The first kappa shape index (κ1) is 12.8. The molecule has 3 rings (SSSR count). The highest BCUT2D eigenvalue weighted by Crippen LogP contribution is 2.32. The summed E-state index contributed by atoms with van der Waals surface area (Å²) in [6.45, 7) is 0. The van der Waals surface area contributed by atoms with Crippen LogP contribution in [0, 0.1) is 5.92 Å². The summed E-state index contributed by atoms with van der Waals surface area (Å²) >= 11 is 0. The molecule has 0 saturated heterocycles. The molecule has 0 N–H and O–H groups in total. The Hall–Kier alpha value is -1.19. The van der Waals surface area contributed by atoms with Crippen molar-refractivity contribution in [2.24, 2.45) is 5.92 Å². The number of hydrogen-bond donors (Lipinski definition) is 0. The number of nitrogens with zero attached hydrogens (tertiary/aromatic N) is 2. The van der Waals surface area contributed by atoms with E-state index < -0.39 is 0 Å². The maximum atomic E-state index is 11.7. The minimum Gasteiger partial charge on any atom is -0.339 e. The van der Waals surface area contributed by atoms with Crippen LogP contribution in [0.1, 0.15) is 75.4 Å². The summed E-state index contributed by atoms with van der Waals surface area (Å²) in [7, 11) is 0. The van der Waals surface area contributed by atoms with E-state index in [4.69, 9.17) is 4.52 Å². The zero-order valence-corrected chi connectivity index (χ0v) is 11.4. The lowest BCUT2D eigenvalue weighted by Gasteiger charge is -2.15. The van der Waals surface area contributed by atoms with Crippen molar-refractivity contribution in [2.45, 2.75) is 70.1 Å². The van der Waals surface area contributed by atoms with E-state index in [1.165, 1.54) is 32.1 Å². The van der Waals surface area contributed by atoms with Crippen molar-refractivity contribution in [1.82, 2.24) is 10.1 Å². The van der Waals surface area contributed by atoms with Crippen LogP contribution < -0.4 is 0 Å². The number of carbonyl (C=O) groups is 1. The molecule has 0 amide bonds. The quantitative estimate of drug-likeness (QED) is 0.834. The van der Waals surface area contributed by atoms with E-state index in [9.17, 15) is 4.79 Å². The van der Waals surface area contributed by atoms with E-state index in [1.54, 1.807) is 0 Å². The van der Waals surface area contributed by atoms with Gasteiger partial charge in [-0.25, -0.2) is 0 Å². The summed E-state index contributed by atoms with van der Waals surface area (Å²) in [5.41, 5.74) is 0. The average Bonchev–Trinajstić information content (AvgIpc) is 3.11. The molecule has 4 nitrogen and oxygen atoms in total. The molecule has 19 heavy (non-hydrogen) atoms. The monoisotopic (exact) mass is 262 g/mol. The van der Waals surface area contributed by atoms with Gasteiger partial charge >= 0.3 is 0 Å². The molecule has 4 heteroatoms. The molecule has 0 bridgehead atoms. The van der Waals surface area contributed by atoms with E-state index in [1.807, 2.05) is 0 Å². The van der Waals surface area contributed by atoms with E-state index >= 15 is 0 Å². The van der Waals surface area contributed by atoms with Crippen molar-refractivity contribution in [2.75, 3.05) is 0 Å². The molecule has 2 fully saturated rings. The number of rotatable bonds is 4. The van der Waals surface area contributed by atoms with Crippen molar-refractivity contribution in [3.63, 3.8) is 0 Å². The molecule has 0 radical (unpaired) electrons. The van der Waals surface area contributed by atoms with Crippen molar-refractivity contribution in [3.8, 4) is 0 Å². The van der Waals surface area contributed by atoms with Gasteiger partial charge in [-0.05, 0) is 25.7 Å². The van der Waals surface area contributed by atoms with Gasteiger partial charge in [-0.15, -0.1) is 0 Å². The smallest absolute Gasteiger partial charge is 0.234 e.